The summed E-state index contributed by atoms with van der Waals surface area (Å²) in [5.74, 6) is 0. The highest BCUT2D eigenvalue weighted by Crippen LogP contribution is 2.02. The molecule has 0 radical (unpaired) electrons. The van der Waals surface area contributed by atoms with Crippen LogP contribution in [0.1, 0.15) is 12.8 Å². The van der Waals surface area contributed by atoms with Crippen molar-refractivity contribution in [2.45, 2.75) is 18.9 Å². The minimum atomic E-state index is 0.414. The maximum absolute atomic E-state index is 5.46. The molecule has 0 aromatic carbocycles. The quantitative estimate of drug-likeness (QED) is 0.572. The lowest BCUT2D eigenvalue weighted by atomic mass is 10.2. The number of morpholine rings is 1. The second-order valence-corrected chi connectivity index (χ2v) is 2.63. The van der Waals surface area contributed by atoms with Crippen molar-refractivity contribution in [3.63, 3.8) is 0 Å². The van der Waals surface area contributed by atoms with Gasteiger partial charge in [0.05, 0.1) is 12.7 Å². The van der Waals surface area contributed by atoms with Crippen LogP contribution in [0.2, 0.25) is 0 Å². The third kappa shape index (κ3) is 2.64. The minimum absolute atomic E-state index is 0.414. The third-order valence-electron chi connectivity index (χ3n) is 1.73. The smallest absolute Gasteiger partial charge is 0.0700 e. The predicted molar refractivity (Wildman–Crippen MR) is 40.9 cm³/mol. The fraction of sp³-hybridized carbons (Fsp3) is 1.00. The van der Waals surface area contributed by atoms with E-state index in [0.29, 0.717) is 6.10 Å². The van der Waals surface area contributed by atoms with Crippen LogP contribution in [0.15, 0.2) is 0 Å². The molecule has 0 spiro atoms. The van der Waals surface area contributed by atoms with Gasteiger partial charge in [-0.15, -0.1) is 0 Å². The maximum Gasteiger partial charge on any atom is 0.0700 e. The SMILES string of the molecule is NCCC[C@@H]1CNCCO1. The molecule has 3 nitrogen and oxygen atoms in total. The van der Waals surface area contributed by atoms with Crippen LogP contribution < -0.4 is 11.1 Å². The Balaban J connectivity index is 2.02. The summed E-state index contributed by atoms with van der Waals surface area (Å²) < 4.78 is 5.46. The van der Waals surface area contributed by atoms with E-state index < -0.39 is 0 Å². The standard InChI is InChI=1S/C7H16N2O/c8-3-1-2-7-6-9-4-5-10-7/h7,9H,1-6,8H2/t7-/m1/s1. The Hall–Kier alpha value is -0.120. The molecule has 1 rings (SSSR count). The summed E-state index contributed by atoms with van der Waals surface area (Å²) in [4.78, 5) is 0. The number of rotatable bonds is 3. The average Bonchev–Trinajstić information content (AvgIpc) is 2.03. The second-order valence-electron chi connectivity index (χ2n) is 2.63. The van der Waals surface area contributed by atoms with Gasteiger partial charge in [0.1, 0.15) is 0 Å². The van der Waals surface area contributed by atoms with Crippen LogP contribution in [0.5, 0.6) is 0 Å². The number of nitrogens with one attached hydrogen (secondary N) is 1. The van der Waals surface area contributed by atoms with Crippen molar-refractivity contribution in [2.75, 3.05) is 26.2 Å². The van der Waals surface area contributed by atoms with Crippen LogP contribution in [-0.4, -0.2) is 32.3 Å². The molecule has 0 amide bonds. The molecule has 1 heterocycles. The van der Waals surface area contributed by atoms with Crippen molar-refractivity contribution in [1.82, 2.24) is 5.32 Å². The molecule has 1 aliphatic rings. The lowest BCUT2D eigenvalue weighted by molar-refractivity contribution is 0.0228. The molecular weight excluding hydrogens is 128 g/mol. The first kappa shape index (κ1) is 7.98. The van der Waals surface area contributed by atoms with E-state index in [1.54, 1.807) is 0 Å². The molecule has 0 unspecified atom stereocenters. The van der Waals surface area contributed by atoms with Gasteiger partial charge >= 0.3 is 0 Å². The van der Waals surface area contributed by atoms with Crippen molar-refractivity contribution in [3.8, 4) is 0 Å². The van der Waals surface area contributed by atoms with Gasteiger partial charge in [-0.1, -0.05) is 0 Å². The summed E-state index contributed by atoms with van der Waals surface area (Å²) >= 11 is 0. The molecule has 1 atom stereocenters. The molecule has 1 fully saturated rings. The summed E-state index contributed by atoms with van der Waals surface area (Å²) in [6, 6.07) is 0. The van der Waals surface area contributed by atoms with Crippen molar-refractivity contribution in [3.05, 3.63) is 0 Å². The Bertz CT molecular complexity index is 81.7. The monoisotopic (exact) mass is 144 g/mol. The van der Waals surface area contributed by atoms with Gasteiger partial charge in [-0.05, 0) is 19.4 Å². The first-order valence-corrected chi connectivity index (χ1v) is 3.96. The molecule has 0 aromatic rings. The molecule has 0 bridgehead atoms. The normalized spacial score (nSPS) is 26.7. The fourth-order valence-corrected chi connectivity index (χ4v) is 1.15. The Morgan fingerprint density at radius 3 is 3.10 bits per heavy atom. The number of hydrogen-bond donors (Lipinski definition) is 2. The van der Waals surface area contributed by atoms with E-state index in [0.717, 1.165) is 39.1 Å². The lowest BCUT2D eigenvalue weighted by Gasteiger charge is -2.23. The van der Waals surface area contributed by atoms with Crippen molar-refractivity contribution in [1.29, 1.82) is 0 Å². The first-order valence-electron chi connectivity index (χ1n) is 3.96. The third-order valence-corrected chi connectivity index (χ3v) is 1.73. The number of ether oxygens (including phenoxy) is 1. The van der Waals surface area contributed by atoms with E-state index >= 15 is 0 Å². The first-order chi connectivity index (χ1) is 4.93. The van der Waals surface area contributed by atoms with E-state index in [1.807, 2.05) is 0 Å². The Morgan fingerprint density at radius 2 is 2.50 bits per heavy atom. The van der Waals surface area contributed by atoms with Gasteiger partial charge in [-0.25, -0.2) is 0 Å². The van der Waals surface area contributed by atoms with Gasteiger partial charge in [0.25, 0.3) is 0 Å². The van der Waals surface area contributed by atoms with Gasteiger partial charge in [-0.2, -0.15) is 0 Å². The molecule has 10 heavy (non-hydrogen) atoms. The number of hydrogen-bond acceptors (Lipinski definition) is 3. The highest BCUT2D eigenvalue weighted by Gasteiger charge is 2.11. The van der Waals surface area contributed by atoms with Crippen molar-refractivity contribution < 1.29 is 4.74 Å². The Labute approximate surface area is 61.9 Å². The van der Waals surface area contributed by atoms with E-state index in [2.05, 4.69) is 5.32 Å². The molecule has 0 aromatic heterocycles. The van der Waals surface area contributed by atoms with E-state index in [4.69, 9.17) is 10.5 Å². The predicted octanol–water partition coefficient (Wildman–Crippen LogP) is -0.286. The highest BCUT2D eigenvalue weighted by atomic mass is 16.5. The summed E-state index contributed by atoms with van der Waals surface area (Å²) in [5, 5.41) is 3.28. The fourth-order valence-electron chi connectivity index (χ4n) is 1.15. The maximum atomic E-state index is 5.46. The van der Waals surface area contributed by atoms with Crippen molar-refractivity contribution >= 4 is 0 Å². The summed E-state index contributed by atoms with van der Waals surface area (Å²) in [5.41, 5.74) is 5.37. The topological polar surface area (TPSA) is 47.3 Å². The molecule has 60 valence electrons. The van der Waals surface area contributed by atoms with Crippen LogP contribution in [-0.2, 0) is 4.74 Å². The molecule has 3 heteroatoms. The minimum Gasteiger partial charge on any atom is -0.376 e. The Kier molecular flexibility index (Phi) is 3.72. The van der Waals surface area contributed by atoms with Gasteiger partial charge < -0.3 is 15.8 Å². The molecule has 0 saturated carbocycles. The zero-order valence-corrected chi connectivity index (χ0v) is 6.31. The van der Waals surface area contributed by atoms with Crippen LogP contribution in [0.3, 0.4) is 0 Å². The van der Waals surface area contributed by atoms with Gasteiger partial charge in [0.2, 0.25) is 0 Å². The van der Waals surface area contributed by atoms with Crippen LogP contribution in [0.25, 0.3) is 0 Å². The summed E-state index contributed by atoms with van der Waals surface area (Å²) in [6.07, 6.45) is 2.59. The molecule has 1 aliphatic heterocycles. The zero-order chi connectivity index (χ0) is 7.23. The number of nitrogens with two attached hydrogens (primary N) is 1. The van der Waals surface area contributed by atoms with Gasteiger partial charge in [0.15, 0.2) is 0 Å². The van der Waals surface area contributed by atoms with E-state index in [1.165, 1.54) is 0 Å². The molecule has 3 N–H and O–H groups in total. The van der Waals surface area contributed by atoms with E-state index in [9.17, 15) is 0 Å². The highest BCUT2D eigenvalue weighted by molar-refractivity contribution is 4.66. The zero-order valence-electron chi connectivity index (χ0n) is 6.31. The van der Waals surface area contributed by atoms with Crippen LogP contribution in [0, 0.1) is 0 Å². The largest absolute Gasteiger partial charge is 0.376 e. The van der Waals surface area contributed by atoms with Crippen LogP contribution in [0.4, 0.5) is 0 Å². The van der Waals surface area contributed by atoms with E-state index in [-0.39, 0.29) is 0 Å². The van der Waals surface area contributed by atoms with Crippen LogP contribution >= 0.6 is 0 Å². The summed E-state index contributed by atoms with van der Waals surface area (Å²) in [7, 11) is 0. The van der Waals surface area contributed by atoms with Gasteiger partial charge in [0, 0.05) is 13.1 Å². The molecule has 1 saturated heterocycles. The summed E-state index contributed by atoms with van der Waals surface area (Å²) in [6.45, 7) is 3.63. The lowest BCUT2D eigenvalue weighted by Crippen LogP contribution is -2.38. The molecule has 0 aliphatic carbocycles. The van der Waals surface area contributed by atoms with Gasteiger partial charge in [-0.3, -0.25) is 0 Å². The average molecular weight is 144 g/mol. The second kappa shape index (κ2) is 4.66. The van der Waals surface area contributed by atoms with Crippen molar-refractivity contribution in [2.24, 2.45) is 5.73 Å². The molecular formula is C7H16N2O. The Morgan fingerprint density at radius 1 is 1.60 bits per heavy atom.